The first kappa shape index (κ1) is 12.6. The van der Waals surface area contributed by atoms with Crippen LogP contribution in [-0.2, 0) is 11.2 Å². The summed E-state index contributed by atoms with van der Waals surface area (Å²) in [4.78, 5) is 12.0. The molecule has 0 aliphatic rings. The van der Waals surface area contributed by atoms with E-state index in [1.54, 1.807) is 0 Å². The average molecular weight is 236 g/mol. The van der Waals surface area contributed by atoms with Crippen LogP contribution >= 0.6 is 12.2 Å². The van der Waals surface area contributed by atoms with Gasteiger partial charge in [-0.1, -0.05) is 49.5 Å². The molecule has 0 aromatic heterocycles. The van der Waals surface area contributed by atoms with Gasteiger partial charge in [0.1, 0.15) is 0 Å². The fraction of sp³-hybridized carbons (Fsp3) is 0.333. The lowest BCUT2D eigenvalue weighted by Crippen LogP contribution is -2.34. The molecule has 3 N–H and O–H groups in total. The molecule has 0 bridgehead atoms. The number of hydrogen-bond acceptors (Lipinski definition) is 2. The van der Waals surface area contributed by atoms with Crippen molar-refractivity contribution in [1.29, 1.82) is 0 Å². The van der Waals surface area contributed by atoms with Crippen LogP contribution in [0.3, 0.4) is 0 Å². The van der Waals surface area contributed by atoms with Crippen LogP contribution in [0.15, 0.2) is 30.3 Å². The van der Waals surface area contributed by atoms with Gasteiger partial charge >= 0.3 is 0 Å². The summed E-state index contributed by atoms with van der Waals surface area (Å²) < 4.78 is 0. The number of thiocarbonyl (C=S) groups is 1. The van der Waals surface area contributed by atoms with Gasteiger partial charge in [0.05, 0.1) is 11.4 Å². The van der Waals surface area contributed by atoms with Crippen LogP contribution in [-0.4, -0.2) is 17.4 Å². The smallest absolute Gasteiger partial charge is 0.224 e. The monoisotopic (exact) mass is 236 g/mol. The highest BCUT2D eigenvalue weighted by Gasteiger charge is 2.07. The Morgan fingerprint density at radius 2 is 2.06 bits per heavy atom. The second-order valence-corrected chi connectivity index (χ2v) is 4.24. The van der Waals surface area contributed by atoms with E-state index in [1.165, 1.54) is 0 Å². The molecule has 3 nitrogen and oxygen atoms in total. The standard InChI is InChI=1S/C12H16N2OS/c1-9(12(13)16)8-14-11(15)7-10-5-3-2-4-6-10/h2-6,9H,7-8H2,1H3,(H2,13,16)(H,14,15). The van der Waals surface area contributed by atoms with Crippen molar-refractivity contribution in [2.24, 2.45) is 11.7 Å². The molecule has 16 heavy (non-hydrogen) atoms. The van der Waals surface area contributed by atoms with Crippen molar-refractivity contribution < 1.29 is 4.79 Å². The zero-order valence-corrected chi connectivity index (χ0v) is 10.1. The molecule has 0 aliphatic carbocycles. The van der Waals surface area contributed by atoms with Gasteiger partial charge in [-0.2, -0.15) is 0 Å². The molecule has 1 unspecified atom stereocenters. The summed E-state index contributed by atoms with van der Waals surface area (Å²) in [5, 5.41) is 2.81. The Bertz CT molecular complexity index is 365. The highest BCUT2D eigenvalue weighted by Crippen LogP contribution is 1.99. The minimum Gasteiger partial charge on any atom is -0.393 e. The van der Waals surface area contributed by atoms with Gasteiger partial charge in [-0.25, -0.2) is 0 Å². The minimum atomic E-state index is -0.00528. The molecule has 4 heteroatoms. The van der Waals surface area contributed by atoms with Crippen LogP contribution in [0.4, 0.5) is 0 Å². The van der Waals surface area contributed by atoms with Crippen LogP contribution in [0.5, 0.6) is 0 Å². The molecule has 0 radical (unpaired) electrons. The minimum absolute atomic E-state index is 0.00528. The summed E-state index contributed by atoms with van der Waals surface area (Å²) in [6.45, 7) is 2.39. The van der Waals surface area contributed by atoms with Gasteiger partial charge in [0.15, 0.2) is 0 Å². The second-order valence-electron chi connectivity index (χ2n) is 3.77. The van der Waals surface area contributed by atoms with E-state index in [2.05, 4.69) is 5.32 Å². The second kappa shape index (κ2) is 6.23. The van der Waals surface area contributed by atoms with E-state index in [4.69, 9.17) is 18.0 Å². The van der Waals surface area contributed by atoms with Crippen LogP contribution in [0.1, 0.15) is 12.5 Å². The topological polar surface area (TPSA) is 55.1 Å². The first-order chi connectivity index (χ1) is 7.59. The van der Waals surface area contributed by atoms with Crippen molar-refractivity contribution in [2.45, 2.75) is 13.3 Å². The van der Waals surface area contributed by atoms with Crippen LogP contribution in [0.25, 0.3) is 0 Å². The number of nitrogens with one attached hydrogen (secondary N) is 1. The molecule has 0 saturated carbocycles. The van der Waals surface area contributed by atoms with E-state index in [0.29, 0.717) is 18.0 Å². The van der Waals surface area contributed by atoms with Gasteiger partial charge in [-0.15, -0.1) is 0 Å². The molecule has 86 valence electrons. The Kier molecular flexibility index (Phi) is 4.92. The van der Waals surface area contributed by atoms with E-state index in [9.17, 15) is 4.79 Å². The summed E-state index contributed by atoms with van der Waals surface area (Å²) in [7, 11) is 0. The average Bonchev–Trinajstić information content (AvgIpc) is 2.27. The number of carbonyl (C=O) groups is 1. The maximum Gasteiger partial charge on any atom is 0.224 e. The molecule has 1 atom stereocenters. The van der Waals surface area contributed by atoms with Gasteiger partial charge < -0.3 is 11.1 Å². The number of rotatable bonds is 5. The molecule has 0 spiro atoms. The summed E-state index contributed by atoms with van der Waals surface area (Å²) in [6, 6.07) is 9.62. The van der Waals surface area contributed by atoms with Crippen molar-refractivity contribution in [3.63, 3.8) is 0 Å². The fourth-order valence-electron chi connectivity index (χ4n) is 1.21. The van der Waals surface area contributed by atoms with Gasteiger partial charge in [-0.3, -0.25) is 4.79 Å². The van der Waals surface area contributed by atoms with Gasteiger partial charge in [0.2, 0.25) is 5.91 Å². The molecule has 0 saturated heterocycles. The fourth-order valence-corrected chi connectivity index (χ4v) is 1.29. The zero-order valence-electron chi connectivity index (χ0n) is 9.27. The van der Waals surface area contributed by atoms with Gasteiger partial charge in [-0.05, 0) is 5.56 Å². The zero-order chi connectivity index (χ0) is 12.0. The Hall–Kier alpha value is -1.42. The predicted molar refractivity (Wildman–Crippen MR) is 69.1 cm³/mol. The van der Waals surface area contributed by atoms with Crippen molar-refractivity contribution in [3.05, 3.63) is 35.9 Å². The Morgan fingerprint density at radius 1 is 1.44 bits per heavy atom. The third-order valence-electron chi connectivity index (χ3n) is 2.30. The molecule has 0 aliphatic heterocycles. The SMILES string of the molecule is CC(CNC(=O)Cc1ccccc1)C(N)=S. The third kappa shape index (κ3) is 4.40. The first-order valence-electron chi connectivity index (χ1n) is 5.19. The van der Waals surface area contributed by atoms with E-state index in [0.717, 1.165) is 5.56 Å². The van der Waals surface area contributed by atoms with E-state index >= 15 is 0 Å². The largest absolute Gasteiger partial charge is 0.393 e. The van der Waals surface area contributed by atoms with Crippen molar-refractivity contribution >= 4 is 23.1 Å². The normalized spacial score (nSPS) is 11.8. The molecule has 0 fully saturated rings. The van der Waals surface area contributed by atoms with Crippen molar-refractivity contribution in [2.75, 3.05) is 6.54 Å². The van der Waals surface area contributed by atoms with Crippen LogP contribution in [0.2, 0.25) is 0 Å². The molecule has 1 aromatic rings. The van der Waals surface area contributed by atoms with E-state index < -0.39 is 0 Å². The highest BCUT2D eigenvalue weighted by atomic mass is 32.1. The number of carbonyl (C=O) groups excluding carboxylic acids is 1. The van der Waals surface area contributed by atoms with Gasteiger partial charge in [0.25, 0.3) is 0 Å². The van der Waals surface area contributed by atoms with E-state index in [1.807, 2.05) is 37.3 Å². The van der Waals surface area contributed by atoms with E-state index in [-0.39, 0.29) is 11.8 Å². The van der Waals surface area contributed by atoms with Gasteiger partial charge in [0, 0.05) is 12.5 Å². The molecular weight excluding hydrogens is 220 g/mol. The number of amides is 1. The highest BCUT2D eigenvalue weighted by molar-refractivity contribution is 7.80. The maximum atomic E-state index is 11.5. The van der Waals surface area contributed by atoms with Crippen molar-refractivity contribution in [1.82, 2.24) is 5.32 Å². The lowest BCUT2D eigenvalue weighted by Gasteiger charge is -2.10. The number of hydrogen-bond donors (Lipinski definition) is 2. The quantitative estimate of drug-likeness (QED) is 0.757. The molecule has 1 aromatic carbocycles. The first-order valence-corrected chi connectivity index (χ1v) is 5.60. The lowest BCUT2D eigenvalue weighted by molar-refractivity contribution is -0.120. The molecule has 0 heterocycles. The van der Waals surface area contributed by atoms with Crippen LogP contribution < -0.4 is 11.1 Å². The molecular formula is C12H16N2OS. The van der Waals surface area contributed by atoms with Crippen LogP contribution in [0, 0.1) is 5.92 Å². The molecule has 1 rings (SSSR count). The number of benzene rings is 1. The predicted octanol–water partition coefficient (Wildman–Crippen LogP) is 1.27. The summed E-state index contributed by atoms with van der Waals surface area (Å²) in [6.07, 6.45) is 0.394. The third-order valence-corrected chi connectivity index (χ3v) is 2.70. The maximum absolute atomic E-state index is 11.5. The summed E-state index contributed by atoms with van der Waals surface area (Å²) in [5.74, 6) is 0.0315. The molecule has 1 amide bonds. The summed E-state index contributed by atoms with van der Waals surface area (Å²) >= 11 is 4.83. The van der Waals surface area contributed by atoms with Crippen molar-refractivity contribution in [3.8, 4) is 0 Å². The summed E-state index contributed by atoms with van der Waals surface area (Å²) in [5.41, 5.74) is 6.46. The Labute approximate surface area is 101 Å². The lowest BCUT2D eigenvalue weighted by atomic mass is 10.1. The Balaban J connectivity index is 2.35. The number of nitrogens with two attached hydrogens (primary N) is 1. The Morgan fingerprint density at radius 3 is 2.62 bits per heavy atom.